The maximum Gasteiger partial charge on any atom is 0.265 e. The van der Waals surface area contributed by atoms with Crippen LogP contribution in [0.25, 0.3) is 10.6 Å². The van der Waals surface area contributed by atoms with Crippen molar-refractivity contribution in [1.82, 2.24) is 15.2 Å². The van der Waals surface area contributed by atoms with E-state index in [9.17, 15) is 14.0 Å². The molecular formula is C22H28FN3O2S. The number of likely N-dealkylation sites (tertiary alicyclic amines) is 1. The fourth-order valence-electron chi connectivity index (χ4n) is 3.68. The highest BCUT2D eigenvalue weighted by atomic mass is 32.1. The number of nitrogens with zero attached hydrogens (tertiary/aromatic N) is 2. The zero-order valence-electron chi connectivity index (χ0n) is 17.2. The molecule has 7 heteroatoms. The van der Waals surface area contributed by atoms with E-state index in [0.29, 0.717) is 36.1 Å². The summed E-state index contributed by atoms with van der Waals surface area (Å²) in [6, 6.07) is 6.16. The van der Waals surface area contributed by atoms with Crippen LogP contribution in [0.3, 0.4) is 0 Å². The van der Waals surface area contributed by atoms with Crippen molar-refractivity contribution in [2.24, 2.45) is 11.8 Å². The average molecular weight is 418 g/mol. The van der Waals surface area contributed by atoms with E-state index in [1.165, 1.54) is 23.5 Å². The molecule has 3 rings (SSSR count). The lowest BCUT2D eigenvalue weighted by Crippen LogP contribution is -2.42. The van der Waals surface area contributed by atoms with Crippen molar-refractivity contribution < 1.29 is 14.0 Å². The lowest BCUT2D eigenvalue weighted by atomic mass is 9.85. The first-order valence-electron chi connectivity index (χ1n) is 10.2. The topological polar surface area (TPSA) is 62.3 Å². The molecule has 0 aliphatic carbocycles. The molecule has 2 heterocycles. The van der Waals surface area contributed by atoms with Gasteiger partial charge >= 0.3 is 0 Å². The summed E-state index contributed by atoms with van der Waals surface area (Å²) in [7, 11) is 0. The molecular weight excluding hydrogens is 389 g/mol. The van der Waals surface area contributed by atoms with Crippen LogP contribution in [-0.2, 0) is 4.79 Å². The highest BCUT2D eigenvalue weighted by molar-refractivity contribution is 7.17. The van der Waals surface area contributed by atoms with Gasteiger partial charge in [-0.1, -0.05) is 13.8 Å². The third-order valence-corrected chi connectivity index (χ3v) is 6.77. The molecule has 156 valence electrons. The minimum absolute atomic E-state index is 0.00472. The van der Waals surface area contributed by atoms with Gasteiger partial charge < -0.3 is 10.2 Å². The van der Waals surface area contributed by atoms with Gasteiger partial charge in [0.05, 0.1) is 5.69 Å². The van der Waals surface area contributed by atoms with Gasteiger partial charge in [0.1, 0.15) is 15.7 Å². The van der Waals surface area contributed by atoms with Crippen molar-refractivity contribution >= 4 is 23.2 Å². The van der Waals surface area contributed by atoms with E-state index in [0.717, 1.165) is 29.8 Å². The number of nitrogens with one attached hydrogen (secondary N) is 1. The molecule has 1 aromatic carbocycles. The predicted octanol–water partition coefficient (Wildman–Crippen LogP) is 4.27. The summed E-state index contributed by atoms with van der Waals surface area (Å²) in [6.07, 6.45) is 2.59. The highest BCUT2D eigenvalue weighted by Crippen LogP contribution is 2.31. The first-order valence-corrected chi connectivity index (χ1v) is 11.0. The summed E-state index contributed by atoms with van der Waals surface area (Å²) in [4.78, 5) is 32.3. The maximum atomic E-state index is 13.2. The molecule has 1 N–H and O–H groups in total. The van der Waals surface area contributed by atoms with Crippen molar-refractivity contribution in [1.29, 1.82) is 0 Å². The zero-order valence-corrected chi connectivity index (χ0v) is 18.0. The number of aryl methyl sites for hydroxylation is 1. The number of carbonyl (C=O) groups excluding carboxylic acids is 2. The molecule has 0 saturated carbocycles. The van der Waals surface area contributed by atoms with Crippen LogP contribution in [-0.4, -0.2) is 41.3 Å². The van der Waals surface area contributed by atoms with Gasteiger partial charge in [-0.15, -0.1) is 11.3 Å². The second-order valence-electron chi connectivity index (χ2n) is 7.65. The Hall–Kier alpha value is -2.28. The molecule has 1 fully saturated rings. The minimum Gasteiger partial charge on any atom is -0.356 e. The van der Waals surface area contributed by atoms with Gasteiger partial charge in [-0.25, -0.2) is 9.37 Å². The van der Waals surface area contributed by atoms with E-state index in [2.05, 4.69) is 10.3 Å². The van der Waals surface area contributed by atoms with Crippen LogP contribution in [0.5, 0.6) is 0 Å². The normalized spacial score (nSPS) is 15.9. The lowest BCUT2D eigenvalue weighted by Gasteiger charge is -2.34. The Kier molecular flexibility index (Phi) is 7.00. The van der Waals surface area contributed by atoms with Crippen molar-refractivity contribution in [2.45, 2.75) is 40.0 Å². The third-order valence-electron chi connectivity index (χ3n) is 5.58. The summed E-state index contributed by atoms with van der Waals surface area (Å²) in [5.74, 6) is 0.0785. The quantitative estimate of drug-likeness (QED) is 0.763. The van der Waals surface area contributed by atoms with Crippen molar-refractivity contribution in [3.05, 3.63) is 40.7 Å². The number of halogens is 1. The maximum absolute atomic E-state index is 13.2. The molecule has 1 saturated heterocycles. The number of amides is 2. The van der Waals surface area contributed by atoms with Crippen molar-refractivity contribution in [3.8, 4) is 10.6 Å². The Morgan fingerprint density at radius 3 is 2.55 bits per heavy atom. The standard InChI is InChI=1S/C22H28FN3O2S/c1-4-11-24-20(27)14(2)16-9-12-26(13-10-16)22(28)19-15(3)25-21(29-19)17-5-7-18(23)8-6-17/h5-8,14,16H,4,9-13H2,1-3H3,(H,24,27)/t14-/m1/s1. The highest BCUT2D eigenvalue weighted by Gasteiger charge is 2.31. The monoisotopic (exact) mass is 417 g/mol. The number of piperidine rings is 1. The number of hydrogen-bond donors (Lipinski definition) is 1. The van der Waals surface area contributed by atoms with Gasteiger partial charge in [0.15, 0.2) is 0 Å². The molecule has 0 radical (unpaired) electrons. The fourth-order valence-corrected chi connectivity index (χ4v) is 4.72. The summed E-state index contributed by atoms with van der Waals surface area (Å²) in [5, 5.41) is 3.69. The Morgan fingerprint density at radius 1 is 1.28 bits per heavy atom. The van der Waals surface area contributed by atoms with E-state index < -0.39 is 0 Å². The molecule has 1 aromatic heterocycles. The van der Waals surface area contributed by atoms with Crippen LogP contribution in [0.4, 0.5) is 4.39 Å². The predicted molar refractivity (Wildman–Crippen MR) is 113 cm³/mol. The molecule has 1 atom stereocenters. The second-order valence-corrected chi connectivity index (χ2v) is 8.65. The summed E-state index contributed by atoms with van der Waals surface area (Å²) in [5.41, 5.74) is 1.51. The Morgan fingerprint density at radius 2 is 1.93 bits per heavy atom. The number of benzene rings is 1. The van der Waals surface area contributed by atoms with Gasteiger partial charge in [-0.3, -0.25) is 9.59 Å². The van der Waals surface area contributed by atoms with Crippen LogP contribution in [0.1, 0.15) is 48.5 Å². The Bertz CT molecular complexity index is 857. The SMILES string of the molecule is CCCNC(=O)[C@H](C)C1CCN(C(=O)c2sc(-c3ccc(F)cc3)nc2C)CC1. The molecule has 2 amide bonds. The van der Waals surface area contributed by atoms with E-state index >= 15 is 0 Å². The smallest absolute Gasteiger partial charge is 0.265 e. The summed E-state index contributed by atoms with van der Waals surface area (Å²) < 4.78 is 13.2. The molecule has 5 nitrogen and oxygen atoms in total. The third kappa shape index (κ3) is 5.01. The number of rotatable bonds is 6. The number of hydrogen-bond acceptors (Lipinski definition) is 4. The minimum atomic E-state index is -0.293. The molecule has 2 aromatic rings. The van der Waals surface area contributed by atoms with Gasteiger partial charge in [-0.2, -0.15) is 0 Å². The lowest BCUT2D eigenvalue weighted by molar-refractivity contribution is -0.126. The molecule has 1 aliphatic rings. The summed E-state index contributed by atoms with van der Waals surface area (Å²) >= 11 is 1.35. The average Bonchev–Trinajstić information content (AvgIpc) is 3.13. The first kappa shape index (κ1) is 21.4. The van der Waals surface area contributed by atoms with Crippen molar-refractivity contribution in [3.63, 3.8) is 0 Å². The fraction of sp³-hybridized carbons (Fsp3) is 0.500. The Labute approximate surface area is 175 Å². The van der Waals surface area contributed by atoms with Gasteiger partial charge in [0.25, 0.3) is 5.91 Å². The van der Waals surface area contributed by atoms with Crippen LogP contribution in [0, 0.1) is 24.6 Å². The van der Waals surface area contributed by atoms with Crippen LogP contribution < -0.4 is 5.32 Å². The number of aromatic nitrogens is 1. The molecule has 29 heavy (non-hydrogen) atoms. The van der Waals surface area contributed by atoms with E-state index in [-0.39, 0.29) is 23.5 Å². The van der Waals surface area contributed by atoms with Crippen LogP contribution in [0.15, 0.2) is 24.3 Å². The molecule has 1 aliphatic heterocycles. The zero-order chi connectivity index (χ0) is 21.0. The van der Waals surface area contributed by atoms with Gasteiger partial charge in [-0.05, 0) is 56.4 Å². The summed E-state index contributed by atoms with van der Waals surface area (Å²) in [6.45, 7) is 7.87. The van der Waals surface area contributed by atoms with Crippen LogP contribution in [0.2, 0.25) is 0 Å². The van der Waals surface area contributed by atoms with Crippen molar-refractivity contribution in [2.75, 3.05) is 19.6 Å². The van der Waals surface area contributed by atoms with E-state index in [1.54, 1.807) is 12.1 Å². The number of thiazole rings is 1. The van der Waals surface area contributed by atoms with Crippen LogP contribution >= 0.6 is 11.3 Å². The second kappa shape index (κ2) is 9.48. The molecule has 0 bridgehead atoms. The van der Waals surface area contributed by atoms with E-state index in [1.807, 2.05) is 25.7 Å². The Balaban J connectivity index is 1.62. The van der Waals surface area contributed by atoms with Gasteiger partial charge in [0.2, 0.25) is 5.91 Å². The number of carbonyl (C=O) groups is 2. The molecule has 0 spiro atoms. The molecule has 0 unspecified atom stereocenters. The largest absolute Gasteiger partial charge is 0.356 e. The van der Waals surface area contributed by atoms with Gasteiger partial charge in [0, 0.05) is 31.1 Å². The van der Waals surface area contributed by atoms with E-state index in [4.69, 9.17) is 0 Å². The first-order chi connectivity index (χ1) is 13.9.